The van der Waals surface area contributed by atoms with Gasteiger partial charge in [0.05, 0.1) is 5.60 Å². The molecule has 3 heterocycles. The number of carboxylic acid groups (broad SMARTS) is 1. The minimum atomic E-state index is -1.02. The van der Waals surface area contributed by atoms with E-state index < -0.39 is 18.2 Å². The number of carboxylic acids is 1. The zero-order chi connectivity index (χ0) is 25.6. The van der Waals surface area contributed by atoms with Gasteiger partial charge in [-0.25, -0.2) is 9.59 Å². The summed E-state index contributed by atoms with van der Waals surface area (Å²) in [6, 6.07) is 18.3. The van der Waals surface area contributed by atoms with Gasteiger partial charge < -0.3 is 19.5 Å². The van der Waals surface area contributed by atoms with Crippen LogP contribution in [0.3, 0.4) is 0 Å². The largest absolute Gasteiger partial charge is 0.480 e. The predicted molar refractivity (Wildman–Crippen MR) is 140 cm³/mol. The summed E-state index contributed by atoms with van der Waals surface area (Å²) in [5.74, 6) is -1.01. The maximum Gasteiger partial charge on any atom is 0.410 e. The molecule has 2 atom stereocenters. The Morgan fingerprint density at radius 2 is 1.62 bits per heavy atom. The number of amides is 1. The number of hydrogen-bond donors (Lipinski definition) is 1. The van der Waals surface area contributed by atoms with E-state index in [-0.39, 0.29) is 30.7 Å². The summed E-state index contributed by atoms with van der Waals surface area (Å²) < 4.78 is 12.9. The van der Waals surface area contributed by atoms with Gasteiger partial charge in [-0.1, -0.05) is 48.5 Å². The Balaban J connectivity index is 1.21. The molecule has 2 fully saturated rings. The number of carbonyl (C=O) groups is 2. The molecule has 190 valence electrons. The average Bonchev–Trinajstić information content (AvgIpc) is 3.38. The number of halogens is 1. The van der Waals surface area contributed by atoms with Gasteiger partial charge in [-0.3, -0.25) is 4.98 Å². The fraction of sp³-hybridized carbons (Fsp3) is 0.345. The maximum atomic E-state index is 13.5. The highest BCUT2D eigenvalue weighted by Gasteiger charge is 2.53. The molecule has 2 bridgehead atoms. The summed E-state index contributed by atoms with van der Waals surface area (Å²) in [4.78, 5) is 30.9. The van der Waals surface area contributed by atoms with Gasteiger partial charge in [0.2, 0.25) is 0 Å². The summed E-state index contributed by atoms with van der Waals surface area (Å²) in [5.41, 5.74) is 4.81. The van der Waals surface area contributed by atoms with Gasteiger partial charge in [0.25, 0.3) is 0 Å². The summed E-state index contributed by atoms with van der Waals surface area (Å²) in [7, 11) is 0. The molecule has 0 radical (unpaired) electrons. The number of ether oxygens (including phenoxy) is 2. The molecule has 3 aliphatic rings. The lowest BCUT2D eigenvalue weighted by Crippen LogP contribution is -2.53. The van der Waals surface area contributed by atoms with Crippen molar-refractivity contribution in [1.29, 1.82) is 0 Å². The number of nitrogens with zero attached hydrogens (tertiary/aromatic N) is 2. The molecule has 6 rings (SSSR count). The van der Waals surface area contributed by atoms with Gasteiger partial charge in [-0.15, -0.1) is 0 Å². The third-order valence-electron chi connectivity index (χ3n) is 8.03. The fourth-order valence-corrected chi connectivity index (χ4v) is 7.14. The highest BCUT2D eigenvalue weighted by atomic mass is 79.9. The monoisotopic (exact) mass is 562 g/mol. The van der Waals surface area contributed by atoms with Crippen molar-refractivity contribution in [2.45, 2.75) is 49.3 Å². The second-order valence-corrected chi connectivity index (χ2v) is 10.9. The molecule has 1 aromatic heterocycles. The van der Waals surface area contributed by atoms with Gasteiger partial charge >= 0.3 is 12.1 Å². The van der Waals surface area contributed by atoms with Crippen LogP contribution in [-0.2, 0) is 19.9 Å². The Hall–Kier alpha value is -3.23. The van der Waals surface area contributed by atoms with Crippen LogP contribution in [0.5, 0.6) is 0 Å². The minimum absolute atomic E-state index is 0.00422. The van der Waals surface area contributed by atoms with Crippen LogP contribution in [0.2, 0.25) is 0 Å². The normalized spacial score (nSPS) is 24.0. The van der Waals surface area contributed by atoms with Crippen molar-refractivity contribution in [3.63, 3.8) is 0 Å². The standard InChI is InChI=1S/C29H27BrN2O5/c30-26-15-31-12-11-25(26)29(37-17-27(33)34)13-18-9-10-19(14-29)32(18)28(35)36-16-24-22-7-3-1-5-20(22)21-6-2-4-8-23(21)24/h1-8,11-12,15,18-19,24H,9-10,13-14,16-17H2,(H,33,34). The second-order valence-electron chi connectivity index (χ2n) is 10.0. The van der Waals surface area contributed by atoms with Crippen LogP contribution in [0.15, 0.2) is 71.5 Å². The molecule has 2 aliphatic heterocycles. The second kappa shape index (κ2) is 9.58. The first-order chi connectivity index (χ1) is 18.0. The van der Waals surface area contributed by atoms with Crippen molar-refractivity contribution < 1.29 is 24.2 Å². The molecule has 8 heteroatoms. The summed E-state index contributed by atoms with van der Waals surface area (Å²) in [5, 5.41) is 9.34. The van der Waals surface area contributed by atoms with E-state index in [1.54, 1.807) is 12.4 Å². The molecule has 1 N–H and O–H groups in total. The van der Waals surface area contributed by atoms with Gasteiger partial charge in [0, 0.05) is 53.3 Å². The van der Waals surface area contributed by atoms with E-state index in [9.17, 15) is 14.7 Å². The third-order valence-corrected chi connectivity index (χ3v) is 8.66. The number of aromatic nitrogens is 1. The van der Waals surface area contributed by atoms with Crippen molar-refractivity contribution in [1.82, 2.24) is 9.88 Å². The Labute approximate surface area is 223 Å². The number of carbonyl (C=O) groups excluding carboxylic acids is 1. The van der Waals surface area contributed by atoms with Crippen molar-refractivity contribution in [3.8, 4) is 11.1 Å². The molecule has 2 saturated heterocycles. The van der Waals surface area contributed by atoms with E-state index >= 15 is 0 Å². The highest BCUT2D eigenvalue weighted by Crippen LogP contribution is 2.50. The van der Waals surface area contributed by atoms with E-state index in [0.29, 0.717) is 12.8 Å². The van der Waals surface area contributed by atoms with Crippen LogP contribution in [-0.4, -0.2) is 52.4 Å². The average molecular weight is 563 g/mol. The smallest absolute Gasteiger partial charge is 0.410 e. The van der Waals surface area contributed by atoms with E-state index in [2.05, 4.69) is 45.2 Å². The molecule has 1 amide bonds. The molecular formula is C29H27BrN2O5. The van der Waals surface area contributed by atoms with Crippen molar-refractivity contribution >= 4 is 28.0 Å². The number of benzene rings is 2. The van der Waals surface area contributed by atoms with E-state index in [4.69, 9.17) is 9.47 Å². The van der Waals surface area contributed by atoms with Crippen LogP contribution in [0, 0.1) is 0 Å². The van der Waals surface area contributed by atoms with E-state index in [0.717, 1.165) is 22.9 Å². The fourth-order valence-electron chi connectivity index (χ4n) is 6.53. The molecule has 0 spiro atoms. The Kier molecular flexibility index (Phi) is 6.24. The topological polar surface area (TPSA) is 89.0 Å². The Morgan fingerprint density at radius 3 is 2.22 bits per heavy atom. The predicted octanol–water partition coefficient (Wildman–Crippen LogP) is 5.72. The van der Waals surface area contributed by atoms with Crippen molar-refractivity contribution in [2.24, 2.45) is 0 Å². The summed E-state index contributed by atoms with van der Waals surface area (Å²) in [6.45, 7) is -0.126. The molecular weight excluding hydrogens is 536 g/mol. The van der Waals surface area contributed by atoms with E-state index in [1.807, 2.05) is 35.2 Å². The molecule has 1 aliphatic carbocycles. The van der Waals surface area contributed by atoms with Crippen molar-refractivity contribution in [3.05, 3.63) is 88.2 Å². The first-order valence-electron chi connectivity index (χ1n) is 12.6. The maximum absolute atomic E-state index is 13.5. The quantitative estimate of drug-likeness (QED) is 0.413. The summed E-state index contributed by atoms with van der Waals surface area (Å²) in [6.07, 6.45) is 5.74. The summed E-state index contributed by atoms with van der Waals surface area (Å²) >= 11 is 3.57. The number of aliphatic carboxylic acids is 1. The molecule has 2 aromatic carbocycles. The molecule has 37 heavy (non-hydrogen) atoms. The van der Waals surface area contributed by atoms with Gasteiger partial charge in [0.15, 0.2) is 0 Å². The Morgan fingerprint density at radius 1 is 1.00 bits per heavy atom. The number of fused-ring (bicyclic) bond motifs is 5. The van der Waals surface area contributed by atoms with Gasteiger partial charge in [0.1, 0.15) is 13.2 Å². The molecule has 0 saturated carbocycles. The third kappa shape index (κ3) is 4.22. The lowest BCUT2D eigenvalue weighted by Gasteiger charge is -2.46. The van der Waals surface area contributed by atoms with Crippen LogP contribution >= 0.6 is 15.9 Å². The highest BCUT2D eigenvalue weighted by molar-refractivity contribution is 9.10. The van der Waals surface area contributed by atoms with Gasteiger partial charge in [-0.2, -0.15) is 0 Å². The van der Waals surface area contributed by atoms with Crippen LogP contribution in [0.1, 0.15) is 48.3 Å². The molecule has 2 unspecified atom stereocenters. The van der Waals surface area contributed by atoms with Crippen LogP contribution < -0.4 is 0 Å². The number of piperidine rings is 1. The SMILES string of the molecule is O=C(O)COC1(c2ccncc2Br)CC2CCC(C1)N2C(=O)OCC1c2ccccc2-c2ccccc21. The molecule has 7 nitrogen and oxygen atoms in total. The van der Waals surface area contributed by atoms with Crippen LogP contribution in [0.25, 0.3) is 11.1 Å². The van der Waals surface area contributed by atoms with Gasteiger partial charge in [-0.05, 0) is 57.1 Å². The number of pyridine rings is 1. The minimum Gasteiger partial charge on any atom is -0.480 e. The zero-order valence-corrected chi connectivity index (χ0v) is 21.8. The lowest BCUT2D eigenvalue weighted by molar-refractivity contribution is -0.157. The van der Waals surface area contributed by atoms with Crippen molar-refractivity contribution in [2.75, 3.05) is 13.2 Å². The van der Waals surface area contributed by atoms with E-state index in [1.165, 1.54) is 22.3 Å². The molecule has 3 aromatic rings. The Bertz CT molecular complexity index is 1300. The van der Waals surface area contributed by atoms with Crippen LogP contribution in [0.4, 0.5) is 4.79 Å². The number of rotatable bonds is 6. The zero-order valence-electron chi connectivity index (χ0n) is 20.2. The number of hydrogen-bond acceptors (Lipinski definition) is 5. The first-order valence-corrected chi connectivity index (χ1v) is 13.4. The first kappa shape index (κ1) is 24.1. The lowest BCUT2D eigenvalue weighted by atomic mass is 9.80.